The largest absolute Gasteiger partial charge is 0.494 e. The second-order valence-electron chi connectivity index (χ2n) is 6.64. The first-order valence-corrected chi connectivity index (χ1v) is 9.69. The van der Waals surface area contributed by atoms with E-state index in [1.807, 2.05) is 40.7 Å². The lowest BCUT2D eigenvalue weighted by molar-refractivity contribution is -0.134. The van der Waals surface area contributed by atoms with E-state index in [4.69, 9.17) is 17.0 Å². The van der Waals surface area contributed by atoms with E-state index in [0.29, 0.717) is 30.4 Å². The molecule has 1 saturated heterocycles. The van der Waals surface area contributed by atoms with Crippen molar-refractivity contribution in [2.75, 3.05) is 13.2 Å². The second-order valence-corrected chi connectivity index (χ2v) is 7.03. The number of aromatic amines is 1. The molecule has 7 heteroatoms. The van der Waals surface area contributed by atoms with Crippen molar-refractivity contribution in [1.82, 2.24) is 19.7 Å². The van der Waals surface area contributed by atoms with Crippen molar-refractivity contribution in [2.24, 2.45) is 0 Å². The molecule has 0 spiro atoms. The molecule has 6 nitrogen and oxygen atoms in total. The summed E-state index contributed by atoms with van der Waals surface area (Å²) in [7, 11) is 0. The lowest BCUT2D eigenvalue weighted by atomic mass is 10.0. The molecule has 0 saturated carbocycles. The average molecular weight is 375 g/mol. The molecule has 3 rings (SSSR count). The Balaban J connectivity index is 1.71. The Morgan fingerprint density at radius 2 is 2.12 bits per heavy atom. The quantitative estimate of drug-likeness (QED) is 0.781. The Morgan fingerprint density at radius 1 is 1.35 bits per heavy atom. The van der Waals surface area contributed by atoms with Gasteiger partial charge in [-0.3, -0.25) is 14.5 Å². The molecule has 0 aliphatic carbocycles. The van der Waals surface area contributed by atoms with Crippen LogP contribution in [-0.4, -0.2) is 44.8 Å². The van der Waals surface area contributed by atoms with Crippen LogP contribution in [0.2, 0.25) is 0 Å². The van der Waals surface area contributed by atoms with Gasteiger partial charge in [-0.1, -0.05) is 0 Å². The number of likely N-dealkylation sites (tertiary alicyclic amines) is 1. The van der Waals surface area contributed by atoms with E-state index in [9.17, 15) is 4.79 Å². The van der Waals surface area contributed by atoms with E-state index in [0.717, 1.165) is 36.5 Å². The number of aromatic nitrogens is 3. The van der Waals surface area contributed by atoms with Crippen LogP contribution >= 0.6 is 12.2 Å². The first kappa shape index (κ1) is 18.6. The van der Waals surface area contributed by atoms with Crippen LogP contribution in [0, 0.1) is 4.77 Å². The van der Waals surface area contributed by atoms with Gasteiger partial charge in [0.1, 0.15) is 5.75 Å². The number of piperidine rings is 1. The molecule has 26 heavy (non-hydrogen) atoms. The summed E-state index contributed by atoms with van der Waals surface area (Å²) in [5, 5.41) is 7.19. The molecule has 2 aromatic rings. The SMILES string of the molecule is CCOc1ccc(-c2n[nH]c(=S)n2CCC(=O)N2CCCC[C@@H]2C)cc1. The first-order valence-electron chi connectivity index (χ1n) is 9.28. The number of amides is 1. The van der Waals surface area contributed by atoms with E-state index < -0.39 is 0 Å². The highest BCUT2D eigenvalue weighted by Gasteiger charge is 2.23. The van der Waals surface area contributed by atoms with Gasteiger partial charge in [-0.25, -0.2) is 0 Å². The number of hydrogen-bond acceptors (Lipinski definition) is 4. The Bertz CT molecular complexity index is 797. The van der Waals surface area contributed by atoms with Gasteiger partial charge in [0.25, 0.3) is 0 Å². The van der Waals surface area contributed by atoms with Crippen LogP contribution in [0.5, 0.6) is 5.75 Å². The van der Waals surface area contributed by atoms with Gasteiger partial charge in [0, 0.05) is 31.1 Å². The molecule has 0 unspecified atom stereocenters. The Labute approximate surface area is 159 Å². The average Bonchev–Trinajstić information content (AvgIpc) is 3.01. The van der Waals surface area contributed by atoms with Gasteiger partial charge >= 0.3 is 0 Å². The van der Waals surface area contributed by atoms with Crippen molar-refractivity contribution >= 4 is 18.1 Å². The van der Waals surface area contributed by atoms with Crippen LogP contribution < -0.4 is 4.74 Å². The molecule has 1 aromatic carbocycles. The lowest BCUT2D eigenvalue weighted by Crippen LogP contribution is -2.42. The highest BCUT2D eigenvalue weighted by molar-refractivity contribution is 7.71. The molecule has 1 amide bonds. The Morgan fingerprint density at radius 3 is 2.81 bits per heavy atom. The molecule has 1 aromatic heterocycles. The Hall–Kier alpha value is -2.15. The van der Waals surface area contributed by atoms with Crippen LogP contribution in [-0.2, 0) is 11.3 Å². The summed E-state index contributed by atoms with van der Waals surface area (Å²) in [5.41, 5.74) is 0.944. The topological polar surface area (TPSA) is 63.1 Å². The molecule has 0 bridgehead atoms. The van der Waals surface area contributed by atoms with Crippen LogP contribution in [0.1, 0.15) is 39.5 Å². The fourth-order valence-corrected chi connectivity index (χ4v) is 3.66. The standard InChI is InChI=1S/C19H26N4O2S/c1-3-25-16-9-7-15(8-10-16)18-20-21-19(26)23(18)13-11-17(24)22-12-5-4-6-14(22)2/h7-10,14H,3-6,11-13H2,1-2H3,(H,21,26)/t14-/m0/s1. The molecule has 1 atom stereocenters. The van der Waals surface area contributed by atoms with Crippen molar-refractivity contribution in [1.29, 1.82) is 0 Å². The molecular weight excluding hydrogens is 348 g/mol. The van der Waals surface area contributed by atoms with Crippen LogP contribution in [0.15, 0.2) is 24.3 Å². The number of rotatable bonds is 6. The predicted molar refractivity (Wildman–Crippen MR) is 104 cm³/mol. The molecule has 2 heterocycles. The van der Waals surface area contributed by atoms with E-state index in [-0.39, 0.29) is 5.91 Å². The van der Waals surface area contributed by atoms with Gasteiger partial charge < -0.3 is 9.64 Å². The van der Waals surface area contributed by atoms with Crippen LogP contribution in [0.3, 0.4) is 0 Å². The zero-order valence-electron chi connectivity index (χ0n) is 15.4. The predicted octanol–water partition coefficient (Wildman–Crippen LogP) is 3.80. The van der Waals surface area contributed by atoms with Crippen LogP contribution in [0.25, 0.3) is 11.4 Å². The van der Waals surface area contributed by atoms with Gasteiger partial charge in [0.2, 0.25) is 5.91 Å². The number of benzene rings is 1. The number of nitrogens with one attached hydrogen (secondary N) is 1. The van der Waals surface area contributed by atoms with Crippen molar-refractivity contribution in [3.8, 4) is 17.1 Å². The van der Waals surface area contributed by atoms with E-state index in [1.54, 1.807) is 0 Å². The third-order valence-corrected chi connectivity index (χ3v) is 5.17. The smallest absolute Gasteiger partial charge is 0.224 e. The molecule has 140 valence electrons. The summed E-state index contributed by atoms with van der Waals surface area (Å²) < 4.78 is 7.92. The number of H-pyrrole nitrogens is 1. The maximum atomic E-state index is 12.6. The minimum Gasteiger partial charge on any atom is -0.494 e. The second kappa shape index (κ2) is 8.49. The highest BCUT2D eigenvalue weighted by Crippen LogP contribution is 2.22. The van der Waals surface area contributed by atoms with Gasteiger partial charge in [-0.05, 0) is 69.6 Å². The Kier molecular flexibility index (Phi) is 6.08. The summed E-state index contributed by atoms with van der Waals surface area (Å²) in [5.74, 6) is 1.77. The van der Waals surface area contributed by atoms with Crippen LogP contribution in [0.4, 0.5) is 0 Å². The minimum atomic E-state index is 0.193. The molecular formula is C19H26N4O2S. The zero-order valence-corrected chi connectivity index (χ0v) is 16.2. The number of ether oxygens (including phenoxy) is 1. The fraction of sp³-hybridized carbons (Fsp3) is 0.526. The van der Waals surface area contributed by atoms with E-state index in [2.05, 4.69) is 17.1 Å². The minimum absolute atomic E-state index is 0.193. The number of nitrogens with zero attached hydrogens (tertiary/aromatic N) is 3. The highest BCUT2D eigenvalue weighted by atomic mass is 32.1. The molecule has 1 aliphatic rings. The van der Waals surface area contributed by atoms with E-state index in [1.165, 1.54) is 6.42 Å². The summed E-state index contributed by atoms with van der Waals surface area (Å²) in [6.45, 7) is 6.11. The molecule has 1 aliphatic heterocycles. The first-order chi connectivity index (χ1) is 12.6. The number of carbonyl (C=O) groups excluding carboxylic acids is 1. The summed E-state index contributed by atoms with van der Waals surface area (Å²) in [4.78, 5) is 14.6. The van der Waals surface area contributed by atoms with Crippen molar-refractivity contribution < 1.29 is 9.53 Å². The van der Waals surface area contributed by atoms with Gasteiger partial charge in [0.05, 0.1) is 6.61 Å². The fourth-order valence-electron chi connectivity index (χ4n) is 3.43. The van der Waals surface area contributed by atoms with Gasteiger partial charge in [-0.2, -0.15) is 5.10 Å². The van der Waals surface area contributed by atoms with E-state index >= 15 is 0 Å². The third-order valence-electron chi connectivity index (χ3n) is 4.85. The number of hydrogen-bond donors (Lipinski definition) is 1. The van der Waals surface area contributed by atoms with Gasteiger partial charge in [-0.15, -0.1) is 0 Å². The molecule has 1 fully saturated rings. The van der Waals surface area contributed by atoms with Crippen molar-refractivity contribution in [3.63, 3.8) is 0 Å². The van der Waals surface area contributed by atoms with Gasteiger partial charge in [0.15, 0.2) is 10.6 Å². The lowest BCUT2D eigenvalue weighted by Gasteiger charge is -2.33. The monoisotopic (exact) mass is 374 g/mol. The molecule has 1 N–H and O–H groups in total. The molecule has 0 radical (unpaired) electrons. The van der Waals surface area contributed by atoms with Crippen molar-refractivity contribution in [2.45, 2.75) is 52.1 Å². The summed E-state index contributed by atoms with van der Waals surface area (Å²) in [6, 6.07) is 8.09. The maximum absolute atomic E-state index is 12.6. The zero-order chi connectivity index (χ0) is 18.5. The number of carbonyl (C=O) groups is 1. The summed E-state index contributed by atoms with van der Waals surface area (Å²) >= 11 is 5.37. The maximum Gasteiger partial charge on any atom is 0.224 e. The third kappa shape index (κ3) is 4.15. The van der Waals surface area contributed by atoms with Crippen molar-refractivity contribution in [3.05, 3.63) is 29.0 Å². The normalized spacial score (nSPS) is 17.3. The summed E-state index contributed by atoms with van der Waals surface area (Å²) in [6.07, 6.45) is 3.83.